The fourth-order valence-electron chi connectivity index (χ4n) is 2.07. The average Bonchev–Trinajstić information content (AvgIpc) is 2.78. The third-order valence-corrected chi connectivity index (χ3v) is 3.10. The fourth-order valence-corrected chi connectivity index (χ4v) is 2.07. The number of anilines is 1. The van der Waals surface area contributed by atoms with Gasteiger partial charge in [-0.3, -0.25) is 0 Å². The van der Waals surface area contributed by atoms with Crippen LogP contribution >= 0.6 is 0 Å². The Morgan fingerprint density at radius 3 is 2.41 bits per heavy atom. The number of alkyl carbamates (subject to hydrolysis) is 1. The van der Waals surface area contributed by atoms with Crippen molar-refractivity contribution < 1.29 is 9.53 Å². The van der Waals surface area contributed by atoms with E-state index in [0.717, 1.165) is 18.7 Å². The SMILES string of the molecule is CCN(CC)c1ccc(C2COC(=O)N2)cc1. The van der Waals surface area contributed by atoms with Crippen molar-refractivity contribution in [2.75, 3.05) is 24.6 Å². The molecule has 1 saturated heterocycles. The molecule has 92 valence electrons. The minimum absolute atomic E-state index is 0.00625. The van der Waals surface area contributed by atoms with Gasteiger partial charge in [0, 0.05) is 18.8 Å². The predicted molar refractivity (Wildman–Crippen MR) is 67.2 cm³/mol. The van der Waals surface area contributed by atoms with Crippen molar-refractivity contribution in [3.05, 3.63) is 29.8 Å². The van der Waals surface area contributed by atoms with Crippen molar-refractivity contribution in [2.24, 2.45) is 0 Å². The van der Waals surface area contributed by atoms with Gasteiger partial charge in [0.15, 0.2) is 0 Å². The van der Waals surface area contributed by atoms with Crippen LogP contribution in [0.25, 0.3) is 0 Å². The summed E-state index contributed by atoms with van der Waals surface area (Å²) in [7, 11) is 0. The van der Waals surface area contributed by atoms with E-state index in [-0.39, 0.29) is 12.1 Å². The van der Waals surface area contributed by atoms with Gasteiger partial charge in [-0.1, -0.05) is 12.1 Å². The van der Waals surface area contributed by atoms with Crippen molar-refractivity contribution in [2.45, 2.75) is 19.9 Å². The summed E-state index contributed by atoms with van der Waals surface area (Å²) < 4.78 is 4.88. The summed E-state index contributed by atoms with van der Waals surface area (Å²) in [6, 6.07) is 8.27. The normalized spacial score (nSPS) is 18.7. The van der Waals surface area contributed by atoms with Crippen LogP contribution in [0, 0.1) is 0 Å². The van der Waals surface area contributed by atoms with Crippen LogP contribution in [0.1, 0.15) is 25.5 Å². The zero-order valence-corrected chi connectivity index (χ0v) is 10.3. The number of carbonyl (C=O) groups excluding carboxylic acids is 1. The first-order valence-corrected chi connectivity index (χ1v) is 6.02. The van der Waals surface area contributed by atoms with Gasteiger partial charge in [-0.25, -0.2) is 4.79 Å². The first kappa shape index (κ1) is 11.8. The molecule has 4 nitrogen and oxygen atoms in total. The van der Waals surface area contributed by atoms with Crippen LogP contribution < -0.4 is 10.2 Å². The molecule has 1 aromatic carbocycles. The van der Waals surface area contributed by atoms with Gasteiger partial charge in [0.1, 0.15) is 6.61 Å². The first-order chi connectivity index (χ1) is 8.24. The Kier molecular flexibility index (Phi) is 3.52. The number of hydrogen-bond donors (Lipinski definition) is 1. The molecule has 1 heterocycles. The predicted octanol–water partition coefficient (Wildman–Crippen LogP) is 2.31. The summed E-state index contributed by atoms with van der Waals surface area (Å²) in [6.45, 7) is 6.70. The van der Waals surface area contributed by atoms with Crippen LogP contribution in [-0.4, -0.2) is 25.8 Å². The van der Waals surface area contributed by atoms with Gasteiger partial charge < -0.3 is 15.0 Å². The van der Waals surface area contributed by atoms with E-state index in [1.54, 1.807) is 0 Å². The number of benzene rings is 1. The van der Waals surface area contributed by atoms with Gasteiger partial charge in [-0.2, -0.15) is 0 Å². The summed E-state index contributed by atoms with van der Waals surface area (Å²) in [5, 5.41) is 2.77. The smallest absolute Gasteiger partial charge is 0.407 e. The molecule has 1 aromatic rings. The Hall–Kier alpha value is -1.71. The minimum atomic E-state index is -0.331. The van der Waals surface area contributed by atoms with Crippen molar-refractivity contribution >= 4 is 11.8 Å². The van der Waals surface area contributed by atoms with E-state index < -0.39 is 0 Å². The molecular weight excluding hydrogens is 216 g/mol. The van der Waals surface area contributed by atoms with Crippen molar-refractivity contribution in [1.29, 1.82) is 0 Å². The molecule has 1 aliphatic heterocycles. The maximum Gasteiger partial charge on any atom is 0.407 e. The van der Waals surface area contributed by atoms with E-state index in [9.17, 15) is 4.79 Å². The number of hydrogen-bond acceptors (Lipinski definition) is 3. The van der Waals surface area contributed by atoms with E-state index in [2.05, 4.69) is 36.2 Å². The molecule has 2 rings (SSSR count). The summed E-state index contributed by atoms with van der Waals surface area (Å²) in [5.74, 6) is 0. The highest BCUT2D eigenvalue weighted by Crippen LogP contribution is 2.21. The molecule has 4 heteroatoms. The maximum atomic E-state index is 11.0. The quantitative estimate of drug-likeness (QED) is 0.869. The van der Waals surface area contributed by atoms with Gasteiger partial charge in [0.2, 0.25) is 0 Å². The lowest BCUT2D eigenvalue weighted by atomic mass is 10.1. The summed E-state index contributed by atoms with van der Waals surface area (Å²) >= 11 is 0. The molecule has 0 aromatic heterocycles. The second kappa shape index (κ2) is 5.08. The highest BCUT2D eigenvalue weighted by molar-refractivity contribution is 5.70. The summed E-state index contributed by atoms with van der Waals surface area (Å²) in [5.41, 5.74) is 2.30. The largest absolute Gasteiger partial charge is 0.447 e. The zero-order valence-electron chi connectivity index (χ0n) is 10.3. The van der Waals surface area contributed by atoms with Gasteiger partial charge in [0.25, 0.3) is 0 Å². The molecule has 1 unspecified atom stereocenters. The van der Waals surface area contributed by atoms with Gasteiger partial charge >= 0.3 is 6.09 Å². The van der Waals surface area contributed by atoms with Crippen LogP contribution in [0.5, 0.6) is 0 Å². The van der Waals surface area contributed by atoms with Crippen molar-refractivity contribution in [1.82, 2.24) is 5.32 Å². The lowest BCUT2D eigenvalue weighted by molar-refractivity contribution is 0.177. The van der Waals surface area contributed by atoms with Gasteiger partial charge in [-0.15, -0.1) is 0 Å². The van der Waals surface area contributed by atoms with Crippen molar-refractivity contribution in [3.63, 3.8) is 0 Å². The van der Waals surface area contributed by atoms with E-state index in [0.29, 0.717) is 6.61 Å². The molecule has 0 bridgehead atoms. The Bertz CT molecular complexity index is 385. The lowest BCUT2D eigenvalue weighted by Crippen LogP contribution is -2.22. The molecule has 1 aliphatic rings. The molecule has 1 atom stereocenters. The third-order valence-electron chi connectivity index (χ3n) is 3.10. The van der Waals surface area contributed by atoms with Crippen LogP contribution in [0.4, 0.5) is 10.5 Å². The highest BCUT2D eigenvalue weighted by Gasteiger charge is 2.23. The number of nitrogens with zero attached hydrogens (tertiary/aromatic N) is 1. The molecule has 0 aliphatic carbocycles. The molecule has 0 radical (unpaired) electrons. The number of nitrogens with one attached hydrogen (secondary N) is 1. The lowest BCUT2D eigenvalue weighted by Gasteiger charge is -2.21. The molecule has 0 saturated carbocycles. The molecule has 1 amide bonds. The number of ether oxygens (including phenoxy) is 1. The van der Waals surface area contributed by atoms with Crippen molar-refractivity contribution in [3.8, 4) is 0 Å². The van der Waals surface area contributed by atoms with E-state index in [4.69, 9.17) is 4.74 Å². The number of rotatable bonds is 4. The highest BCUT2D eigenvalue weighted by atomic mass is 16.6. The summed E-state index contributed by atoms with van der Waals surface area (Å²) in [6.07, 6.45) is -0.331. The second-order valence-electron chi connectivity index (χ2n) is 4.06. The van der Waals surface area contributed by atoms with E-state index in [1.165, 1.54) is 5.69 Å². The number of cyclic esters (lactones) is 1. The van der Waals surface area contributed by atoms with E-state index in [1.807, 2.05) is 12.1 Å². The first-order valence-electron chi connectivity index (χ1n) is 6.02. The number of amides is 1. The Morgan fingerprint density at radius 2 is 1.94 bits per heavy atom. The molecule has 1 fully saturated rings. The fraction of sp³-hybridized carbons (Fsp3) is 0.462. The Labute approximate surface area is 102 Å². The monoisotopic (exact) mass is 234 g/mol. The third kappa shape index (κ3) is 2.52. The van der Waals surface area contributed by atoms with Gasteiger partial charge in [0.05, 0.1) is 6.04 Å². The van der Waals surface area contributed by atoms with Crippen LogP contribution in [-0.2, 0) is 4.74 Å². The second-order valence-corrected chi connectivity index (χ2v) is 4.06. The Morgan fingerprint density at radius 1 is 1.29 bits per heavy atom. The van der Waals surface area contributed by atoms with Gasteiger partial charge in [-0.05, 0) is 31.5 Å². The van der Waals surface area contributed by atoms with Crippen LogP contribution in [0.3, 0.4) is 0 Å². The minimum Gasteiger partial charge on any atom is -0.447 e. The van der Waals surface area contributed by atoms with E-state index >= 15 is 0 Å². The Balaban J connectivity index is 2.10. The standard InChI is InChI=1S/C13H18N2O2/c1-3-15(4-2)11-7-5-10(6-8-11)12-9-17-13(16)14-12/h5-8,12H,3-4,9H2,1-2H3,(H,14,16). The molecule has 1 N–H and O–H groups in total. The topological polar surface area (TPSA) is 41.6 Å². The molecule has 17 heavy (non-hydrogen) atoms. The number of carbonyl (C=O) groups is 1. The van der Waals surface area contributed by atoms with Crippen LogP contribution in [0.2, 0.25) is 0 Å². The van der Waals surface area contributed by atoms with Crippen LogP contribution in [0.15, 0.2) is 24.3 Å². The average molecular weight is 234 g/mol. The molecule has 0 spiro atoms. The zero-order chi connectivity index (χ0) is 12.3. The maximum absolute atomic E-state index is 11.0. The summed E-state index contributed by atoms with van der Waals surface area (Å²) in [4.78, 5) is 13.2. The molecular formula is C13H18N2O2.